The minimum absolute atomic E-state index is 0.312. The molecule has 5 nitrogen and oxygen atoms in total. The molecule has 0 saturated carbocycles. The van der Waals surface area contributed by atoms with Crippen LogP contribution in [0.2, 0.25) is 0 Å². The van der Waals surface area contributed by atoms with Gasteiger partial charge in [-0.2, -0.15) is 0 Å². The summed E-state index contributed by atoms with van der Waals surface area (Å²) in [7, 11) is 1.82. The van der Waals surface area contributed by atoms with Gasteiger partial charge in [0.05, 0.1) is 0 Å². The van der Waals surface area contributed by atoms with Crippen molar-refractivity contribution in [2.75, 3.05) is 0 Å². The van der Waals surface area contributed by atoms with E-state index in [2.05, 4.69) is 4.98 Å². The first-order valence-electron chi connectivity index (χ1n) is 4.67. The summed E-state index contributed by atoms with van der Waals surface area (Å²) in [6.45, 7) is 4.37. The molecule has 0 bridgehead atoms. The Balaban J connectivity index is 3.09. The normalized spacial score (nSPS) is 11.1. The lowest BCUT2D eigenvalue weighted by Gasteiger charge is -2.07. The van der Waals surface area contributed by atoms with Gasteiger partial charge in [-0.05, 0) is 19.1 Å². The van der Waals surface area contributed by atoms with Gasteiger partial charge < -0.3 is 8.98 Å². The standard InChI is InChI=1S/C9H12N4OS/c1-4-13-7(10)6-8(12(3)9(13)15)14-5(2)11-6/h10H,4H2,1-3H3. The van der Waals surface area contributed by atoms with Gasteiger partial charge in [0.15, 0.2) is 21.7 Å². The molecular formula is C9H12N4OS. The minimum Gasteiger partial charge on any atom is -0.424 e. The second-order valence-corrected chi connectivity index (χ2v) is 3.69. The average molecular weight is 224 g/mol. The van der Waals surface area contributed by atoms with E-state index in [4.69, 9.17) is 22.0 Å². The van der Waals surface area contributed by atoms with E-state index in [1.165, 1.54) is 0 Å². The zero-order chi connectivity index (χ0) is 11.2. The van der Waals surface area contributed by atoms with Crippen LogP contribution < -0.4 is 5.49 Å². The summed E-state index contributed by atoms with van der Waals surface area (Å²) < 4.78 is 9.45. The predicted molar refractivity (Wildman–Crippen MR) is 58.1 cm³/mol. The molecular weight excluding hydrogens is 212 g/mol. The van der Waals surface area contributed by atoms with Crippen molar-refractivity contribution in [2.24, 2.45) is 7.05 Å². The highest BCUT2D eigenvalue weighted by molar-refractivity contribution is 7.71. The van der Waals surface area contributed by atoms with E-state index in [0.29, 0.717) is 33.9 Å². The monoisotopic (exact) mass is 224 g/mol. The topological polar surface area (TPSA) is 59.7 Å². The maximum Gasteiger partial charge on any atom is 0.233 e. The molecule has 2 aromatic heterocycles. The Labute approximate surface area is 91.5 Å². The predicted octanol–water partition coefficient (Wildman–Crippen LogP) is 1.51. The van der Waals surface area contributed by atoms with Gasteiger partial charge in [0.2, 0.25) is 5.71 Å². The molecule has 0 spiro atoms. The lowest BCUT2D eigenvalue weighted by atomic mass is 10.5. The fraction of sp³-hybridized carbons (Fsp3) is 0.444. The Morgan fingerprint density at radius 3 is 2.80 bits per heavy atom. The van der Waals surface area contributed by atoms with Crippen LogP contribution in [0.3, 0.4) is 0 Å². The van der Waals surface area contributed by atoms with Crippen molar-refractivity contribution in [3.8, 4) is 0 Å². The van der Waals surface area contributed by atoms with Gasteiger partial charge in [-0.15, -0.1) is 0 Å². The number of hydrogen-bond acceptors (Lipinski definition) is 4. The molecule has 0 amide bonds. The first-order chi connectivity index (χ1) is 7.06. The molecule has 0 aliphatic heterocycles. The van der Waals surface area contributed by atoms with Crippen LogP contribution in [-0.4, -0.2) is 14.1 Å². The van der Waals surface area contributed by atoms with Crippen LogP contribution in [-0.2, 0) is 13.6 Å². The molecule has 2 rings (SSSR count). The summed E-state index contributed by atoms with van der Waals surface area (Å²) in [5.41, 5.74) is 1.44. The maximum atomic E-state index is 7.95. The number of nitrogens with zero attached hydrogens (tertiary/aromatic N) is 3. The van der Waals surface area contributed by atoms with Crippen molar-refractivity contribution in [3.05, 3.63) is 16.1 Å². The van der Waals surface area contributed by atoms with Gasteiger partial charge in [-0.1, -0.05) is 0 Å². The first-order valence-corrected chi connectivity index (χ1v) is 5.08. The average Bonchev–Trinajstić information content (AvgIpc) is 2.58. The lowest BCUT2D eigenvalue weighted by Crippen LogP contribution is -2.24. The number of oxazole rings is 1. The quantitative estimate of drug-likeness (QED) is 0.747. The number of aromatic nitrogens is 3. The SMILES string of the molecule is CCn1c(=N)c2nc(C)oc2n(C)c1=S. The van der Waals surface area contributed by atoms with Gasteiger partial charge in [0.1, 0.15) is 0 Å². The van der Waals surface area contributed by atoms with Crippen molar-refractivity contribution >= 4 is 23.4 Å². The van der Waals surface area contributed by atoms with Crippen molar-refractivity contribution in [1.29, 1.82) is 5.41 Å². The van der Waals surface area contributed by atoms with E-state index < -0.39 is 0 Å². The summed E-state index contributed by atoms with van der Waals surface area (Å²) in [5, 5.41) is 7.95. The van der Waals surface area contributed by atoms with E-state index in [1.54, 1.807) is 16.1 Å². The highest BCUT2D eigenvalue weighted by atomic mass is 32.1. The third-order valence-electron chi connectivity index (χ3n) is 2.35. The number of hydrogen-bond donors (Lipinski definition) is 1. The Kier molecular flexibility index (Phi) is 2.22. The molecule has 0 unspecified atom stereocenters. The van der Waals surface area contributed by atoms with E-state index in [0.717, 1.165) is 0 Å². The molecule has 80 valence electrons. The number of nitrogens with one attached hydrogen (secondary N) is 1. The Morgan fingerprint density at radius 2 is 2.20 bits per heavy atom. The van der Waals surface area contributed by atoms with Crippen molar-refractivity contribution in [1.82, 2.24) is 14.1 Å². The van der Waals surface area contributed by atoms with Crippen molar-refractivity contribution in [3.63, 3.8) is 0 Å². The molecule has 6 heteroatoms. The van der Waals surface area contributed by atoms with E-state index in [9.17, 15) is 0 Å². The molecule has 0 atom stereocenters. The smallest absolute Gasteiger partial charge is 0.233 e. The van der Waals surface area contributed by atoms with Crippen LogP contribution in [0.1, 0.15) is 12.8 Å². The first kappa shape index (κ1) is 10.1. The minimum atomic E-state index is 0.312. The summed E-state index contributed by atoms with van der Waals surface area (Å²) in [6, 6.07) is 0. The molecule has 15 heavy (non-hydrogen) atoms. The summed E-state index contributed by atoms with van der Waals surface area (Å²) >= 11 is 5.23. The number of rotatable bonds is 1. The second-order valence-electron chi connectivity index (χ2n) is 3.32. The zero-order valence-electron chi connectivity index (χ0n) is 8.87. The van der Waals surface area contributed by atoms with Crippen LogP contribution in [0.15, 0.2) is 4.42 Å². The van der Waals surface area contributed by atoms with Crippen LogP contribution in [0.4, 0.5) is 0 Å². The molecule has 0 aliphatic carbocycles. The largest absolute Gasteiger partial charge is 0.424 e. The fourth-order valence-corrected chi connectivity index (χ4v) is 1.89. The highest BCUT2D eigenvalue weighted by Crippen LogP contribution is 2.10. The molecule has 2 aromatic rings. The third-order valence-corrected chi connectivity index (χ3v) is 2.84. The van der Waals surface area contributed by atoms with Crippen LogP contribution in [0.5, 0.6) is 0 Å². The Morgan fingerprint density at radius 1 is 1.53 bits per heavy atom. The summed E-state index contributed by atoms with van der Waals surface area (Å²) in [4.78, 5) is 4.18. The summed E-state index contributed by atoms with van der Waals surface area (Å²) in [6.07, 6.45) is 0. The Bertz CT molecular complexity index is 634. The third kappa shape index (κ3) is 1.32. The molecule has 0 aromatic carbocycles. The molecule has 1 N–H and O–H groups in total. The van der Waals surface area contributed by atoms with E-state index in [1.807, 2.05) is 14.0 Å². The molecule has 0 aliphatic rings. The molecule has 0 radical (unpaired) electrons. The molecule has 0 fully saturated rings. The van der Waals surface area contributed by atoms with E-state index >= 15 is 0 Å². The maximum absolute atomic E-state index is 7.95. The van der Waals surface area contributed by atoms with Gasteiger partial charge in [-0.25, -0.2) is 4.98 Å². The van der Waals surface area contributed by atoms with Crippen LogP contribution in [0, 0.1) is 17.1 Å². The molecule has 0 saturated heterocycles. The van der Waals surface area contributed by atoms with Gasteiger partial charge in [-0.3, -0.25) is 9.98 Å². The van der Waals surface area contributed by atoms with Gasteiger partial charge in [0.25, 0.3) is 0 Å². The van der Waals surface area contributed by atoms with Crippen molar-refractivity contribution in [2.45, 2.75) is 20.4 Å². The van der Waals surface area contributed by atoms with Gasteiger partial charge >= 0.3 is 0 Å². The van der Waals surface area contributed by atoms with Crippen LogP contribution >= 0.6 is 12.2 Å². The number of aryl methyl sites for hydroxylation is 2. The highest BCUT2D eigenvalue weighted by Gasteiger charge is 2.10. The van der Waals surface area contributed by atoms with E-state index in [-0.39, 0.29) is 0 Å². The Hall–Kier alpha value is -1.43. The van der Waals surface area contributed by atoms with Gasteiger partial charge in [0, 0.05) is 20.5 Å². The lowest BCUT2D eigenvalue weighted by molar-refractivity contribution is 0.526. The van der Waals surface area contributed by atoms with Crippen LogP contribution in [0.25, 0.3) is 11.2 Å². The number of fused-ring (bicyclic) bond motifs is 1. The summed E-state index contributed by atoms with van der Waals surface area (Å²) in [5.74, 6) is 0.553. The molecule has 2 heterocycles. The zero-order valence-corrected chi connectivity index (χ0v) is 9.68. The second kappa shape index (κ2) is 3.30. The fourth-order valence-electron chi connectivity index (χ4n) is 1.58. The van der Waals surface area contributed by atoms with Crippen molar-refractivity contribution < 1.29 is 4.42 Å².